The summed E-state index contributed by atoms with van der Waals surface area (Å²) in [5.74, 6) is -1.30. The van der Waals surface area contributed by atoms with Gasteiger partial charge >= 0.3 is 12.1 Å². The van der Waals surface area contributed by atoms with Gasteiger partial charge in [-0.2, -0.15) is 0 Å². The lowest BCUT2D eigenvalue weighted by Crippen LogP contribution is -2.43. The van der Waals surface area contributed by atoms with E-state index in [1.807, 2.05) is 0 Å². The lowest BCUT2D eigenvalue weighted by molar-refractivity contribution is -0.140. The van der Waals surface area contributed by atoms with Crippen molar-refractivity contribution in [3.05, 3.63) is 12.2 Å². The van der Waals surface area contributed by atoms with Crippen molar-refractivity contribution in [2.24, 2.45) is 5.92 Å². The molecule has 0 saturated carbocycles. The number of aliphatic carboxylic acids is 1. The summed E-state index contributed by atoms with van der Waals surface area (Å²) in [4.78, 5) is 23.7. The molecule has 1 N–H and O–H groups in total. The molecule has 0 radical (unpaired) electrons. The maximum atomic E-state index is 11.4. The highest BCUT2D eigenvalue weighted by molar-refractivity contribution is 5.74. The van der Waals surface area contributed by atoms with Crippen LogP contribution < -0.4 is 0 Å². The summed E-state index contributed by atoms with van der Waals surface area (Å²) < 4.78 is 4.90. The van der Waals surface area contributed by atoms with Gasteiger partial charge in [0.1, 0.15) is 0 Å². The molecular formula is C10H13NO4. The number of carbonyl (C=O) groups is 2. The summed E-state index contributed by atoms with van der Waals surface area (Å²) in [5.41, 5.74) is 0. The van der Waals surface area contributed by atoms with Crippen LogP contribution in [0.3, 0.4) is 0 Å². The lowest BCUT2D eigenvalue weighted by atomic mass is 10.1. The summed E-state index contributed by atoms with van der Waals surface area (Å²) in [6, 6.07) is -0.112. The molecule has 2 unspecified atom stereocenters. The minimum absolute atomic E-state index is 0.112. The standard InChI is InChI=1S/C10H13NO4/c12-9(13)7-2-3-8(6-7)11-4-1-5-15-10(11)14/h2-3,7-8H,1,4-6H2,(H,12,13). The van der Waals surface area contributed by atoms with Crippen LogP contribution in [0.2, 0.25) is 0 Å². The van der Waals surface area contributed by atoms with Crippen LogP contribution in [0, 0.1) is 5.92 Å². The van der Waals surface area contributed by atoms with Crippen LogP contribution in [0.25, 0.3) is 0 Å². The van der Waals surface area contributed by atoms with Crippen LogP contribution >= 0.6 is 0 Å². The first-order valence-electron chi connectivity index (χ1n) is 5.03. The van der Waals surface area contributed by atoms with Gasteiger partial charge in [-0.25, -0.2) is 4.79 Å². The predicted molar refractivity (Wildman–Crippen MR) is 51.3 cm³/mol. The second-order valence-electron chi connectivity index (χ2n) is 3.79. The van der Waals surface area contributed by atoms with E-state index in [2.05, 4.69) is 0 Å². The summed E-state index contributed by atoms with van der Waals surface area (Å²) in [5, 5.41) is 8.81. The van der Waals surface area contributed by atoms with Gasteiger partial charge in [0.2, 0.25) is 0 Å². The maximum absolute atomic E-state index is 11.4. The molecule has 82 valence electrons. The van der Waals surface area contributed by atoms with E-state index in [4.69, 9.17) is 9.84 Å². The van der Waals surface area contributed by atoms with E-state index in [1.54, 1.807) is 17.1 Å². The van der Waals surface area contributed by atoms with Crippen molar-refractivity contribution < 1.29 is 19.4 Å². The summed E-state index contributed by atoms with van der Waals surface area (Å²) in [7, 11) is 0. The third-order valence-corrected chi connectivity index (χ3v) is 2.78. The molecule has 1 amide bonds. The van der Waals surface area contributed by atoms with Crippen LogP contribution in [-0.4, -0.2) is 41.3 Å². The van der Waals surface area contributed by atoms with Gasteiger partial charge in [-0.1, -0.05) is 12.2 Å². The SMILES string of the molecule is O=C(O)C1C=CC(N2CCCOC2=O)C1. The smallest absolute Gasteiger partial charge is 0.410 e. The topological polar surface area (TPSA) is 66.8 Å². The van der Waals surface area contributed by atoms with E-state index < -0.39 is 11.9 Å². The summed E-state index contributed by atoms with van der Waals surface area (Å²) in [6.45, 7) is 1.12. The number of hydrogen-bond donors (Lipinski definition) is 1. The van der Waals surface area contributed by atoms with Gasteiger partial charge in [-0.05, 0) is 12.8 Å². The number of carboxylic acids is 1. The zero-order chi connectivity index (χ0) is 10.8. The average Bonchev–Trinajstić information content (AvgIpc) is 2.67. The van der Waals surface area contributed by atoms with Gasteiger partial charge < -0.3 is 14.7 Å². The molecule has 0 aromatic carbocycles. The molecule has 0 spiro atoms. The minimum atomic E-state index is -0.834. The Hall–Kier alpha value is -1.52. The highest BCUT2D eigenvalue weighted by Gasteiger charge is 2.32. The van der Waals surface area contributed by atoms with Crippen LogP contribution in [-0.2, 0) is 9.53 Å². The van der Waals surface area contributed by atoms with Gasteiger partial charge in [0.25, 0.3) is 0 Å². The maximum Gasteiger partial charge on any atom is 0.410 e. The quantitative estimate of drug-likeness (QED) is 0.688. The fraction of sp³-hybridized carbons (Fsp3) is 0.600. The number of hydrogen-bond acceptors (Lipinski definition) is 3. The van der Waals surface area contributed by atoms with E-state index in [0.29, 0.717) is 19.6 Å². The Morgan fingerprint density at radius 3 is 2.93 bits per heavy atom. The van der Waals surface area contributed by atoms with Gasteiger partial charge in [-0.3, -0.25) is 4.79 Å². The van der Waals surface area contributed by atoms with Crippen LogP contribution in [0.4, 0.5) is 4.79 Å². The second kappa shape index (κ2) is 3.92. The predicted octanol–water partition coefficient (Wildman–Crippen LogP) is 0.858. The minimum Gasteiger partial charge on any atom is -0.481 e. The average molecular weight is 211 g/mol. The van der Waals surface area contributed by atoms with E-state index in [0.717, 1.165) is 6.42 Å². The van der Waals surface area contributed by atoms with Crippen molar-refractivity contribution >= 4 is 12.1 Å². The third-order valence-electron chi connectivity index (χ3n) is 2.78. The zero-order valence-corrected chi connectivity index (χ0v) is 8.26. The molecule has 5 nitrogen and oxygen atoms in total. The Labute approximate surface area is 87.3 Å². The molecule has 0 aromatic rings. The molecular weight excluding hydrogens is 198 g/mol. The molecule has 0 aromatic heterocycles. The molecule has 2 rings (SSSR count). The number of carbonyl (C=O) groups excluding carboxylic acids is 1. The third kappa shape index (κ3) is 1.95. The van der Waals surface area contributed by atoms with Gasteiger partial charge in [0, 0.05) is 6.54 Å². The Balaban J connectivity index is 1.98. The normalized spacial score (nSPS) is 30.4. The van der Waals surface area contributed by atoms with Crippen LogP contribution in [0.1, 0.15) is 12.8 Å². The van der Waals surface area contributed by atoms with Crippen molar-refractivity contribution in [3.63, 3.8) is 0 Å². The first kappa shape index (κ1) is 10.0. The highest BCUT2D eigenvalue weighted by atomic mass is 16.6. The first-order chi connectivity index (χ1) is 7.18. The number of amides is 1. The first-order valence-corrected chi connectivity index (χ1v) is 5.03. The van der Waals surface area contributed by atoms with E-state index in [-0.39, 0.29) is 12.1 Å². The van der Waals surface area contributed by atoms with Crippen molar-refractivity contribution in [1.82, 2.24) is 4.90 Å². The summed E-state index contributed by atoms with van der Waals surface area (Å²) in [6.07, 6.45) is 4.38. The second-order valence-corrected chi connectivity index (χ2v) is 3.79. The van der Waals surface area contributed by atoms with Gasteiger partial charge in [0.15, 0.2) is 0 Å². The molecule has 5 heteroatoms. The zero-order valence-electron chi connectivity index (χ0n) is 8.26. The largest absolute Gasteiger partial charge is 0.481 e. The van der Waals surface area contributed by atoms with Crippen molar-refractivity contribution in [2.75, 3.05) is 13.2 Å². The number of rotatable bonds is 2. The Morgan fingerprint density at radius 2 is 2.33 bits per heavy atom. The molecule has 1 saturated heterocycles. The summed E-state index contributed by atoms with van der Waals surface area (Å²) >= 11 is 0. The van der Waals surface area contributed by atoms with Crippen LogP contribution in [0.15, 0.2) is 12.2 Å². The van der Waals surface area contributed by atoms with E-state index in [9.17, 15) is 9.59 Å². The van der Waals surface area contributed by atoms with E-state index in [1.165, 1.54) is 0 Å². The molecule has 1 heterocycles. The fourth-order valence-corrected chi connectivity index (χ4v) is 1.96. The number of carboxylic acid groups (broad SMARTS) is 1. The molecule has 2 atom stereocenters. The van der Waals surface area contributed by atoms with E-state index >= 15 is 0 Å². The van der Waals surface area contributed by atoms with Crippen molar-refractivity contribution in [1.29, 1.82) is 0 Å². The number of nitrogens with zero attached hydrogens (tertiary/aromatic N) is 1. The Morgan fingerprint density at radius 1 is 1.53 bits per heavy atom. The molecule has 1 aliphatic carbocycles. The number of cyclic esters (lactones) is 1. The fourth-order valence-electron chi connectivity index (χ4n) is 1.96. The van der Waals surface area contributed by atoms with Crippen molar-refractivity contribution in [2.45, 2.75) is 18.9 Å². The molecule has 1 aliphatic heterocycles. The molecule has 0 bridgehead atoms. The van der Waals surface area contributed by atoms with Gasteiger partial charge in [-0.15, -0.1) is 0 Å². The highest BCUT2D eigenvalue weighted by Crippen LogP contribution is 2.24. The number of ether oxygens (including phenoxy) is 1. The van der Waals surface area contributed by atoms with Crippen LogP contribution in [0.5, 0.6) is 0 Å². The molecule has 2 aliphatic rings. The Kier molecular flexibility index (Phi) is 2.62. The Bertz CT molecular complexity index is 313. The van der Waals surface area contributed by atoms with Gasteiger partial charge in [0.05, 0.1) is 18.6 Å². The molecule has 15 heavy (non-hydrogen) atoms. The monoisotopic (exact) mass is 211 g/mol. The van der Waals surface area contributed by atoms with Crippen molar-refractivity contribution in [3.8, 4) is 0 Å². The molecule has 1 fully saturated rings. The lowest BCUT2D eigenvalue weighted by Gasteiger charge is -2.30.